The van der Waals surface area contributed by atoms with E-state index in [2.05, 4.69) is 4.98 Å². The van der Waals surface area contributed by atoms with Crippen LogP contribution < -0.4 is 9.92 Å². The first-order valence-electron chi connectivity index (χ1n) is 5.36. The maximum atomic E-state index is 10.8. The van der Waals surface area contributed by atoms with E-state index in [-0.39, 0.29) is 12.3 Å². The van der Waals surface area contributed by atoms with Crippen molar-refractivity contribution in [2.24, 2.45) is 5.73 Å². The molecule has 102 valence electrons. The number of nitrogens with one attached hydrogen (secondary N) is 1. The van der Waals surface area contributed by atoms with Crippen molar-refractivity contribution in [2.75, 3.05) is 0 Å². The number of aromatic amines is 1. The van der Waals surface area contributed by atoms with Crippen LogP contribution in [-0.4, -0.2) is 30.9 Å². The fourth-order valence-electron chi connectivity index (χ4n) is 1.83. The van der Waals surface area contributed by atoms with Crippen LogP contribution in [0.3, 0.4) is 0 Å². The summed E-state index contributed by atoms with van der Waals surface area (Å²) in [5.74, 6) is -1.10. The maximum absolute atomic E-state index is 10.8. The molecule has 2 aromatic rings. The quantitative estimate of drug-likeness (QED) is 0.597. The van der Waals surface area contributed by atoms with Gasteiger partial charge in [0.25, 0.3) is 0 Å². The van der Waals surface area contributed by atoms with E-state index in [0.717, 1.165) is 0 Å². The normalized spacial score (nSPS) is 14.2. The zero-order valence-electron chi connectivity index (χ0n) is 9.70. The Morgan fingerprint density at radius 2 is 2.16 bits per heavy atom. The number of H-pyrrole nitrogens is 1. The Bertz CT molecular complexity index is 639. The SMILES string of the molecule is N[C@@H](Cc1c(OS(=O)O)[nH]c2ccccc12)C(=O)O. The zero-order valence-corrected chi connectivity index (χ0v) is 10.5. The fraction of sp³-hybridized carbons (Fsp3) is 0.182. The molecule has 0 radical (unpaired) electrons. The minimum absolute atomic E-state index is 0.00806. The van der Waals surface area contributed by atoms with E-state index in [1.165, 1.54) is 0 Å². The van der Waals surface area contributed by atoms with Gasteiger partial charge in [0.1, 0.15) is 6.04 Å². The van der Waals surface area contributed by atoms with Crippen molar-refractivity contribution < 1.29 is 22.8 Å². The van der Waals surface area contributed by atoms with Gasteiger partial charge in [-0.2, -0.15) is 4.21 Å². The molecule has 0 spiro atoms. The second kappa shape index (κ2) is 5.39. The second-order valence-electron chi connectivity index (χ2n) is 3.93. The molecule has 5 N–H and O–H groups in total. The van der Waals surface area contributed by atoms with E-state index < -0.39 is 23.4 Å². The largest absolute Gasteiger partial charge is 0.480 e. The molecule has 1 heterocycles. The minimum atomic E-state index is -2.50. The number of aromatic nitrogens is 1. The Labute approximate surface area is 110 Å². The Morgan fingerprint density at radius 3 is 2.79 bits per heavy atom. The number of aliphatic carboxylic acids is 1. The zero-order chi connectivity index (χ0) is 14.0. The molecule has 0 saturated heterocycles. The smallest absolute Gasteiger partial charge is 0.359 e. The topological polar surface area (TPSA) is 126 Å². The molecule has 0 fully saturated rings. The number of nitrogens with two attached hydrogens (primary N) is 1. The molecule has 0 amide bonds. The lowest BCUT2D eigenvalue weighted by Gasteiger charge is -2.07. The van der Waals surface area contributed by atoms with Crippen molar-refractivity contribution >= 4 is 28.2 Å². The molecule has 1 aromatic carbocycles. The van der Waals surface area contributed by atoms with Gasteiger partial charge >= 0.3 is 17.3 Å². The average molecular weight is 284 g/mol. The van der Waals surface area contributed by atoms with Gasteiger partial charge in [0.2, 0.25) is 5.88 Å². The second-order valence-corrected chi connectivity index (χ2v) is 4.53. The number of carboxylic acids is 1. The average Bonchev–Trinajstić information content (AvgIpc) is 2.66. The van der Waals surface area contributed by atoms with Gasteiger partial charge in [-0.15, -0.1) is 0 Å². The van der Waals surface area contributed by atoms with E-state index in [9.17, 15) is 9.00 Å². The standard InChI is InChI=1S/C11H12N2O5S/c12-8(11(14)15)5-7-6-3-1-2-4-9(6)13-10(7)18-19(16)17/h1-4,8,13H,5,12H2,(H,14,15)(H,16,17)/t8-/m0/s1. The molecule has 19 heavy (non-hydrogen) atoms. The third-order valence-electron chi connectivity index (χ3n) is 2.67. The molecule has 0 aliphatic rings. The molecule has 0 saturated carbocycles. The van der Waals surface area contributed by atoms with E-state index >= 15 is 0 Å². The van der Waals surface area contributed by atoms with Gasteiger partial charge in [0, 0.05) is 22.9 Å². The number of carboxylic acid groups (broad SMARTS) is 1. The first kappa shape index (κ1) is 13.5. The van der Waals surface area contributed by atoms with Crippen LogP contribution in [0.4, 0.5) is 0 Å². The Kier molecular flexibility index (Phi) is 3.84. The number of carbonyl (C=O) groups is 1. The molecule has 1 unspecified atom stereocenters. The highest BCUT2D eigenvalue weighted by Crippen LogP contribution is 2.29. The molecule has 7 nitrogen and oxygen atoms in total. The van der Waals surface area contributed by atoms with Gasteiger partial charge in [0.05, 0.1) is 0 Å². The highest BCUT2D eigenvalue weighted by Gasteiger charge is 2.20. The highest BCUT2D eigenvalue weighted by molar-refractivity contribution is 7.74. The number of benzene rings is 1. The van der Waals surface area contributed by atoms with Gasteiger partial charge in [-0.25, -0.2) is 0 Å². The summed E-state index contributed by atoms with van der Waals surface area (Å²) in [4.78, 5) is 13.6. The van der Waals surface area contributed by atoms with Gasteiger partial charge in [-0.1, -0.05) is 18.2 Å². The minimum Gasteiger partial charge on any atom is -0.480 e. The Balaban J connectivity index is 2.47. The van der Waals surface area contributed by atoms with Crippen LogP contribution in [0.1, 0.15) is 5.56 Å². The molecule has 0 bridgehead atoms. The number of rotatable bonds is 5. The fourth-order valence-corrected chi connectivity index (χ4v) is 2.11. The molecule has 2 rings (SSSR count). The summed E-state index contributed by atoms with van der Waals surface area (Å²) in [5.41, 5.74) is 6.63. The van der Waals surface area contributed by atoms with Gasteiger partial charge in [-0.3, -0.25) is 9.35 Å². The van der Waals surface area contributed by atoms with E-state index in [1.807, 2.05) is 0 Å². The number of fused-ring (bicyclic) bond motifs is 1. The first-order valence-corrected chi connectivity index (χ1v) is 6.39. The number of hydrogen-bond acceptors (Lipinski definition) is 4. The van der Waals surface area contributed by atoms with Crippen molar-refractivity contribution in [1.29, 1.82) is 0 Å². The van der Waals surface area contributed by atoms with Crippen LogP contribution in [0.2, 0.25) is 0 Å². The van der Waals surface area contributed by atoms with Gasteiger partial charge < -0.3 is 20.0 Å². The van der Waals surface area contributed by atoms with Crippen LogP contribution >= 0.6 is 0 Å². The summed E-state index contributed by atoms with van der Waals surface area (Å²) in [6.45, 7) is 0. The predicted molar refractivity (Wildman–Crippen MR) is 69.0 cm³/mol. The third-order valence-corrected chi connectivity index (χ3v) is 2.98. The molecule has 0 aliphatic carbocycles. The number of para-hydroxylation sites is 1. The maximum Gasteiger partial charge on any atom is 0.359 e. The summed E-state index contributed by atoms with van der Waals surface area (Å²) >= 11 is -2.50. The molecular formula is C11H12N2O5S. The summed E-state index contributed by atoms with van der Waals surface area (Å²) in [6.07, 6.45) is -0.00806. The van der Waals surface area contributed by atoms with Crippen molar-refractivity contribution in [3.05, 3.63) is 29.8 Å². The van der Waals surface area contributed by atoms with Crippen LogP contribution in [0.5, 0.6) is 5.88 Å². The lowest BCUT2D eigenvalue weighted by Crippen LogP contribution is -2.32. The van der Waals surface area contributed by atoms with Gasteiger partial charge in [0.15, 0.2) is 0 Å². The summed E-state index contributed by atoms with van der Waals surface area (Å²) < 4.78 is 24.3. The summed E-state index contributed by atoms with van der Waals surface area (Å²) in [6, 6.07) is 5.93. The van der Waals surface area contributed by atoms with Crippen LogP contribution in [0.25, 0.3) is 10.9 Å². The van der Waals surface area contributed by atoms with Gasteiger partial charge in [-0.05, 0) is 6.07 Å². The molecule has 2 atom stereocenters. The number of hydrogen-bond donors (Lipinski definition) is 4. The van der Waals surface area contributed by atoms with Crippen LogP contribution in [0, 0.1) is 0 Å². The predicted octanol–water partition coefficient (Wildman–Crippen LogP) is 0.638. The lowest BCUT2D eigenvalue weighted by molar-refractivity contribution is -0.138. The van der Waals surface area contributed by atoms with E-state index in [0.29, 0.717) is 16.5 Å². The first-order chi connectivity index (χ1) is 8.99. The lowest BCUT2D eigenvalue weighted by atomic mass is 10.1. The monoisotopic (exact) mass is 284 g/mol. The third kappa shape index (κ3) is 2.92. The summed E-state index contributed by atoms with van der Waals surface area (Å²) in [5, 5.41) is 9.55. The van der Waals surface area contributed by atoms with Crippen LogP contribution in [0.15, 0.2) is 24.3 Å². The van der Waals surface area contributed by atoms with E-state index in [1.54, 1.807) is 24.3 Å². The Morgan fingerprint density at radius 1 is 1.47 bits per heavy atom. The highest BCUT2D eigenvalue weighted by atomic mass is 32.2. The molecule has 0 aliphatic heterocycles. The summed E-state index contributed by atoms with van der Waals surface area (Å²) in [7, 11) is 0. The molecule has 8 heteroatoms. The van der Waals surface area contributed by atoms with Crippen molar-refractivity contribution in [1.82, 2.24) is 4.98 Å². The Hall–Kier alpha value is -1.90. The molecule has 1 aromatic heterocycles. The van der Waals surface area contributed by atoms with Crippen molar-refractivity contribution in [3.63, 3.8) is 0 Å². The molecular weight excluding hydrogens is 272 g/mol. The van der Waals surface area contributed by atoms with Crippen molar-refractivity contribution in [3.8, 4) is 5.88 Å². The van der Waals surface area contributed by atoms with Crippen molar-refractivity contribution in [2.45, 2.75) is 12.5 Å². The van der Waals surface area contributed by atoms with Crippen LogP contribution in [-0.2, 0) is 22.6 Å². The van der Waals surface area contributed by atoms with E-state index in [4.69, 9.17) is 19.6 Å².